The predicted molar refractivity (Wildman–Crippen MR) is 148 cm³/mol. The number of esters is 1. The van der Waals surface area contributed by atoms with Gasteiger partial charge in [-0.05, 0) is 74.9 Å². The second kappa shape index (κ2) is 12.9. The summed E-state index contributed by atoms with van der Waals surface area (Å²) in [4.78, 5) is 37.9. The van der Waals surface area contributed by atoms with Crippen molar-refractivity contribution in [2.24, 2.45) is 0 Å². The van der Waals surface area contributed by atoms with Crippen LogP contribution in [0.4, 0.5) is 11.6 Å². The van der Waals surface area contributed by atoms with Gasteiger partial charge in [0.2, 0.25) is 5.95 Å². The number of unbranched alkanes of at least 4 members (excludes halogenated alkanes) is 1. The Morgan fingerprint density at radius 1 is 1.11 bits per heavy atom. The number of ether oxygens (including phenoxy) is 1. The number of hydrogen-bond donors (Lipinski definition) is 2. The Bertz CT molecular complexity index is 1260. The molecule has 0 saturated heterocycles. The van der Waals surface area contributed by atoms with Gasteiger partial charge in [0.15, 0.2) is 0 Å². The second-order valence-corrected chi connectivity index (χ2v) is 9.79. The third kappa shape index (κ3) is 7.25. The molecule has 0 aliphatic heterocycles. The number of pyridine rings is 1. The van der Waals surface area contributed by atoms with E-state index in [0.29, 0.717) is 18.1 Å². The highest BCUT2D eigenvalue weighted by Crippen LogP contribution is 2.33. The van der Waals surface area contributed by atoms with Gasteiger partial charge < -0.3 is 15.4 Å². The van der Waals surface area contributed by atoms with Crippen LogP contribution in [0.1, 0.15) is 67.3 Å². The molecule has 0 unspecified atom stereocenters. The summed E-state index contributed by atoms with van der Waals surface area (Å²) in [7, 11) is 0. The largest absolute Gasteiger partial charge is 0.463 e. The van der Waals surface area contributed by atoms with Crippen molar-refractivity contribution in [3.8, 4) is 11.3 Å². The lowest BCUT2D eigenvalue weighted by atomic mass is 9.78. The number of carbonyl (C=O) groups excluding carboxylic acids is 2. The third-order valence-corrected chi connectivity index (χ3v) is 7.01. The number of nitrogens with one attached hydrogen (secondary N) is 2. The number of nitrogens with zero attached hydrogens (tertiary/aromatic N) is 3. The van der Waals surface area contributed by atoms with Crippen LogP contribution < -0.4 is 10.6 Å². The Labute approximate surface area is 224 Å². The van der Waals surface area contributed by atoms with Gasteiger partial charge in [-0.25, -0.2) is 14.8 Å². The maximum atomic E-state index is 13.4. The lowest BCUT2D eigenvalue weighted by Crippen LogP contribution is -2.49. The number of anilines is 2. The normalized spacial score (nSPS) is 14.3. The monoisotopic (exact) mass is 513 g/mol. The fourth-order valence-electron chi connectivity index (χ4n) is 4.89. The summed E-state index contributed by atoms with van der Waals surface area (Å²) < 4.78 is 5.10. The van der Waals surface area contributed by atoms with Gasteiger partial charge in [-0.15, -0.1) is 0 Å². The van der Waals surface area contributed by atoms with Crippen LogP contribution in [0.5, 0.6) is 0 Å². The fourth-order valence-corrected chi connectivity index (χ4v) is 4.89. The molecule has 1 fully saturated rings. The Hall–Kier alpha value is -4.07. The molecule has 2 N–H and O–H groups in total. The van der Waals surface area contributed by atoms with E-state index >= 15 is 0 Å². The van der Waals surface area contributed by atoms with Gasteiger partial charge in [-0.3, -0.25) is 9.78 Å². The minimum absolute atomic E-state index is 0.0851. The number of aromatic nitrogens is 3. The maximum absolute atomic E-state index is 13.4. The number of carbonyl (C=O) groups is 2. The molecule has 1 aromatic carbocycles. The standard InChI is InChI=1S/C30H35N5O3/c1-3-27(36)38-19-8-7-16-30(14-5-4-6-15-30)35-28(37)23-12-11-22(2)26(20-23)34-29-32-18-13-25(33-29)24-10-9-17-31-21-24/h3,9-13,17-18,20-21H,1,4-8,14-16,19H2,2H3,(H,35,37)(H,32,33,34). The van der Waals surface area contributed by atoms with Crippen molar-refractivity contribution in [2.75, 3.05) is 11.9 Å². The molecule has 3 aromatic rings. The minimum Gasteiger partial charge on any atom is -0.463 e. The average molecular weight is 514 g/mol. The lowest BCUT2D eigenvalue weighted by Gasteiger charge is -2.38. The second-order valence-electron chi connectivity index (χ2n) is 9.79. The average Bonchev–Trinajstić information content (AvgIpc) is 2.95. The highest BCUT2D eigenvalue weighted by Gasteiger charge is 2.33. The van der Waals surface area contributed by atoms with E-state index in [2.05, 4.69) is 32.2 Å². The number of aryl methyl sites for hydroxylation is 1. The molecule has 2 aromatic heterocycles. The van der Waals surface area contributed by atoms with Crippen molar-refractivity contribution in [1.82, 2.24) is 20.3 Å². The number of benzene rings is 1. The first-order valence-electron chi connectivity index (χ1n) is 13.2. The van der Waals surface area contributed by atoms with Crippen LogP contribution in [-0.2, 0) is 9.53 Å². The van der Waals surface area contributed by atoms with Crippen LogP contribution >= 0.6 is 0 Å². The highest BCUT2D eigenvalue weighted by molar-refractivity contribution is 5.96. The minimum atomic E-state index is -0.399. The topological polar surface area (TPSA) is 106 Å². The fraction of sp³-hybridized carbons (Fsp3) is 0.367. The molecule has 8 heteroatoms. The summed E-state index contributed by atoms with van der Waals surface area (Å²) in [5.41, 5.74) is 3.78. The van der Waals surface area contributed by atoms with Gasteiger partial charge in [0.25, 0.3) is 5.91 Å². The summed E-state index contributed by atoms with van der Waals surface area (Å²) in [5, 5.41) is 6.65. The zero-order valence-electron chi connectivity index (χ0n) is 21.9. The molecule has 198 valence electrons. The molecular formula is C30H35N5O3. The van der Waals surface area contributed by atoms with E-state index in [1.165, 1.54) is 12.5 Å². The first-order valence-corrected chi connectivity index (χ1v) is 13.2. The zero-order chi connectivity index (χ0) is 26.8. The molecule has 0 radical (unpaired) electrons. The van der Waals surface area contributed by atoms with Gasteiger partial charge >= 0.3 is 5.97 Å². The summed E-state index contributed by atoms with van der Waals surface area (Å²) in [6.07, 6.45) is 14.1. The van der Waals surface area contributed by atoms with Crippen LogP contribution in [0, 0.1) is 6.92 Å². The van der Waals surface area contributed by atoms with E-state index in [4.69, 9.17) is 4.74 Å². The van der Waals surface area contributed by atoms with Crippen LogP contribution in [0.2, 0.25) is 0 Å². The molecule has 1 aliphatic rings. The molecular weight excluding hydrogens is 478 g/mol. The summed E-state index contributed by atoms with van der Waals surface area (Å²) >= 11 is 0. The molecule has 38 heavy (non-hydrogen) atoms. The molecule has 0 atom stereocenters. The van der Waals surface area contributed by atoms with E-state index in [0.717, 1.165) is 67.5 Å². The Kier molecular flexibility index (Phi) is 9.19. The number of rotatable bonds is 11. The molecule has 2 heterocycles. The first kappa shape index (κ1) is 27.0. The van der Waals surface area contributed by atoms with Crippen LogP contribution in [0.3, 0.4) is 0 Å². The van der Waals surface area contributed by atoms with Gasteiger partial charge in [0.1, 0.15) is 0 Å². The Morgan fingerprint density at radius 2 is 1.95 bits per heavy atom. The molecule has 1 saturated carbocycles. The summed E-state index contributed by atoms with van der Waals surface area (Å²) in [5.74, 6) is -0.0327. The SMILES string of the molecule is C=CC(=O)OCCCCC1(NC(=O)c2ccc(C)c(Nc3nccc(-c4cccnc4)n3)c2)CCCCC1. The van der Waals surface area contributed by atoms with E-state index in [9.17, 15) is 9.59 Å². The van der Waals surface area contributed by atoms with Crippen molar-refractivity contribution < 1.29 is 14.3 Å². The lowest BCUT2D eigenvalue weighted by molar-refractivity contribution is -0.137. The van der Waals surface area contributed by atoms with Gasteiger partial charge in [-0.2, -0.15) is 0 Å². The third-order valence-electron chi connectivity index (χ3n) is 7.01. The van der Waals surface area contributed by atoms with E-state index < -0.39 is 5.97 Å². The molecule has 0 bridgehead atoms. The molecule has 4 rings (SSSR count). The van der Waals surface area contributed by atoms with Crippen molar-refractivity contribution >= 4 is 23.5 Å². The van der Waals surface area contributed by atoms with E-state index in [1.807, 2.05) is 43.3 Å². The summed E-state index contributed by atoms with van der Waals surface area (Å²) in [6.45, 7) is 5.77. The Morgan fingerprint density at radius 3 is 2.71 bits per heavy atom. The van der Waals surface area contributed by atoms with Gasteiger partial charge in [0.05, 0.1) is 12.3 Å². The van der Waals surface area contributed by atoms with Gasteiger partial charge in [0, 0.05) is 47.0 Å². The molecule has 1 amide bonds. The smallest absolute Gasteiger partial charge is 0.330 e. The van der Waals surface area contributed by atoms with E-state index in [1.54, 1.807) is 18.6 Å². The number of hydrogen-bond acceptors (Lipinski definition) is 7. The van der Waals surface area contributed by atoms with Crippen molar-refractivity contribution in [1.29, 1.82) is 0 Å². The number of amides is 1. The maximum Gasteiger partial charge on any atom is 0.330 e. The van der Waals surface area contributed by atoms with Crippen LogP contribution in [0.25, 0.3) is 11.3 Å². The van der Waals surface area contributed by atoms with E-state index in [-0.39, 0.29) is 11.4 Å². The van der Waals surface area contributed by atoms with Crippen molar-refractivity contribution in [2.45, 2.75) is 63.8 Å². The first-order chi connectivity index (χ1) is 18.5. The highest BCUT2D eigenvalue weighted by atomic mass is 16.5. The van der Waals surface area contributed by atoms with Crippen LogP contribution in [-0.4, -0.2) is 39.0 Å². The predicted octanol–water partition coefficient (Wildman–Crippen LogP) is 5.92. The summed E-state index contributed by atoms with van der Waals surface area (Å²) in [6, 6.07) is 11.3. The Balaban J connectivity index is 1.44. The molecule has 8 nitrogen and oxygen atoms in total. The molecule has 1 aliphatic carbocycles. The van der Waals surface area contributed by atoms with Crippen molar-refractivity contribution in [3.63, 3.8) is 0 Å². The quantitative estimate of drug-likeness (QED) is 0.186. The van der Waals surface area contributed by atoms with Crippen LogP contribution in [0.15, 0.2) is 67.6 Å². The molecule has 0 spiro atoms. The zero-order valence-corrected chi connectivity index (χ0v) is 21.9. The van der Waals surface area contributed by atoms with Gasteiger partial charge in [-0.1, -0.05) is 31.9 Å². The van der Waals surface area contributed by atoms with Crippen molar-refractivity contribution in [3.05, 3.63) is 78.8 Å².